The molecule has 0 radical (unpaired) electrons. The van der Waals surface area contributed by atoms with Crippen LogP contribution in [0.4, 0.5) is 5.69 Å². The number of nitrogens with one attached hydrogen (secondary N) is 1. The third-order valence-corrected chi connectivity index (χ3v) is 4.71. The van der Waals surface area contributed by atoms with Crippen molar-refractivity contribution >= 4 is 38.8 Å². The van der Waals surface area contributed by atoms with Crippen LogP contribution >= 0.6 is 11.3 Å². The summed E-state index contributed by atoms with van der Waals surface area (Å²) in [7, 11) is 0. The van der Waals surface area contributed by atoms with Gasteiger partial charge in [0.2, 0.25) is 5.78 Å². The molecule has 1 aliphatic rings. The van der Waals surface area contributed by atoms with Gasteiger partial charge in [-0.1, -0.05) is 24.3 Å². The van der Waals surface area contributed by atoms with Gasteiger partial charge in [0.1, 0.15) is 17.2 Å². The summed E-state index contributed by atoms with van der Waals surface area (Å²) in [5, 5.41) is 5.50. The van der Waals surface area contributed by atoms with Crippen LogP contribution in [0.3, 0.4) is 0 Å². The van der Waals surface area contributed by atoms with Crippen LogP contribution in [-0.4, -0.2) is 24.9 Å². The summed E-state index contributed by atoms with van der Waals surface area (Å²) in [5.41, 5.74) is 1.12. The second kappa shape index (κ2) is 5.98. The number of thiophene rings is 1. The molecule has 2 heterocycles. The fourth-order valence-corrected chi connectivity index (χ4v) is 3.57. The molecule has 0 aliphatic carbocycles. The normalized spacial score (nSPS) is 13.1. The molecule has 1 aliphatic heterocycles. The standard InChI is InChI=1S/C18H13NO4S/c20-13(12-10-24-16-7-2-1-4-11(12)16)8-22-14-5-3-6-15-18(14)19-17(21)9-23-15/h1-7,10H,8-9H2,(H,19,21). The molecular weight excluding hydrogens is 326 g/mol. The molecule has 0 bridgehead atoms. The summed E-state index contributed by atoms with van der Waals surface area (Å²) in [5.74, 6) is 0.621. The van der Waals surface area contributed by atoms with Gasteiger partial charge in [-0.25, -0.2) is 0 Å². The van der Waals surface area contributed by atoms with E-state index in [-0.39, 0.29) is 24.9 Å². The van der Waals surface area contributed by atoms with E-state index in [0.29, 0.717) is 22.7 Å². The third-order valence-electron chi connectivity index (χ3n) is 3.75. The number of para-hydroxylation sites is 1. The Kier molecular flexibility index (Phi) is 3.66. The van der Waals surface area contributed by atoms with Gasteiger partial charge in [0.05, 0.1) is 0 Å². The van der Waals surface area contributed by atoms with Gasteiger partial charge in [-0.15, -0.1) is 11.3 Å². The highest BCUT2D eigenvalue weighted by molar-refractivity contribution is 7.17. The van der Waals surface area contributed by atoms with E-state index in [1.165, 1.54) is 11.3 Å². The summed E-state index contributed by atoms with van der Waals surface area (Å²) in [6.45, 7) is -0.122. The number of hydrogen-bond donors (Lipinski definition) is 1. The third kappa shape index (κ3) is 2.61. The SMILES string of the molecule is O=C1COc2cccc(OCC(=O)c3csc4ccccc34)c2N1. The van der Waals surface area contributed by atoms with Gasteiger partial charge in [-0.2, -0.15) is 0 Å². The van der Waals surface area contributed by atoms with Gasteiger partial charge in [0.25, 0.3) is 5.91 Å². The predicted octanol–water partition coefficient (Wildman–Crippen LogP) is 3.49. The molecule has 0 atom stereocenters. The number of hydrogen-bond acceptors (Lipinski definition) is 5. The van der Waals surface area contributed by atoms with Crippen LogP contribution in [0, 0.1) is 0 Å². The van der Waals surface area contributed by atoms with Crippen molar-refractivity contribution in [2.24, 2.45) is 0 Å². The number of carbonyl (C=O) groups excluding carboxylic acids is 2. The van der Waals surface area contributed by atoms with E-state index < -0.39 is 0 Å². The fraction of sp³-hybridized carbons (Fsp3) is 0.111. The number of fused-ring (bicyclic) bond motifs is 2. The minimum atomic E-state index is -0.242. The molecule has 4 rings (SSSR count). The predicted molar refractivity (Wildman–Crippen MR) is 92.2 cm³/mol. The maximum Gasteiger partial charge on any atom is 0.262 e. The summed E-state index contributed by atoms with van der Waals surface area (Å²) in [6.07, 6.45) is 0. The molecule has 1 amide bonds. The molecule has 0 saturated heterocycles. The van der Waals surface area contributed by atoms with Crippen LogP contribution in [-0.2, 0) is 4.79 Å². The van der Waals surface area contributed by atoms with Gasteiger partial charge in [-0.05, 0) is 18.2 Å². The quantitative estimate of drug-likeness (QED) is 0.739. The Bertz CT molecular complexity index is 947. The Labute approximate surface area is 141 Å². The number of amides is 1. The minimum absolute atomic E-state index is 0.0176. The monoisotopic (exact) mass is 339 g/mol. The fourth-order valence-electron chi connectivity index (χ4n) is 2.61. The van der Waals surface area contributed by atoms with E-state index in [4.69, 9.17) is 9.47 Å². The first kappa shape index (κ1) is 14.7. The van der Waals surface area contributed by atoms with E-state index >= 15 is 0 Å². The number of ether oxygens (including phenoxy) is 2. The molecule has 24 heavy (non-hydrogen) atoms. The number of ketones is 1. The lowest BCUT2D eigenvalue weighted by Crippen LogP contribution is -2.26. The minimum Gasteiger partial charge on any atom is -0.483 e. The first-order chi connectivity index (χ1) is 11.7. The summed E-state index contributed by atoms with van der Waals surface area (Å²) in [6, 6.07) is 13.0. The summed E-state index contributed by atoms with van der Waals surface area (Å²) in [4.78, 5) is 24.0. The largest absolute Gasteiger partial charge is 0.483 e. The van der Waals surface area contributed by atoms with Crippen LogP contribution in [0.2, 0.25) is 0 Å². The van der Waals surface area contributed by atoms with Crippen LogP contribution < -0.4 is 14.8 Å². The van der Waals surface area contributed by atoms with Gasteiger partial charge in [0, 0.05) is 21.0 Å². The van der Waals surface area contributed by atoms with E-state index in [0.717, 1.165) is 10.1 Å². The van der Waals surface area contributed by atoms with Crippen LogP contribution in [0.15, 0.2) is 47.8 Å². The Morgan fingerprint density at radius 2 is 2.08 bits per heavy atom. The number of benzene rings is 2. The topological polar surface area (TPSA) is 64.6 Å². The lowest BCUT2D eigenvalue weighted by Gasteiger charge is -2.20. The zero-order valence-electron chi connectivity index (χ0n) is 12.6. The van der Waals surface area contributed by atoms with Crippen molar-refractivity contribution in [2.45, 2.75) is 0 Å². The molecule has 6 heteroatoms. The maximum atomic E-state index is 12.5. The summed E-state index contributed by atoms with van der Waals surface area (Å²) >= 11 is 1.53. The zero-order valence-corrected chi connectivity index (χ0v) is 13.4. The highest BCUT2D eigenvalue weighted by Crippen LogP contribution is 2.36. The maximum absolute atomic E-state index is 12.5. The molecule has 0 unspecified atom stereocenters. The Morgan fingerprint density at radius 1 is 1.21 bits per heavy atom. The smallest absolute Gasteiger partial charge is 0.262 e. The summed E-state index contributed by atoms with van der Waals surface area (Å²) < 4.78 is 12.1. The van der Waals surface area contributed by atoms with Crippen molar-refractivity contribution in [3.8, 4) is 11.5 Å². The Morgan fingerprint density at radius 3 is 3.00 bits per heavy atom. The van der Waals surface area contributed by atoms with E-state index in [2.05, 4.69) is 5.32 Å². The lowest BCUT2D eigenvalue weighted by atomic mass is 10.1. The van der Waals surface area contributed by atoms with Crippen LogP contribution in [0.1, 0.15) is 10.4 Å². The Balaban J connectivity index is 1.55. The average molecular weight is 339 g/mol. The zero-order chi connectivity index (χ0) is 16.5. The van der Waals surface area contributed by atoms with Crippen molar-refractivity contribution in [1.82, 2.24) is 0 Å². The second-order valence-corrected chi connectivity index (χ2v) is 6.23. The molecule has 0 fully saturated rings. The van der Waals surface area contributed by atoms with Gasteiger partial charge < -0.3 is 14.8 Å². The van der Waals surface area contributed by atoms with Gasteiger partial charge in [0.15, 0.2) is 13.2 Å². The number of anilines is 1. The Hall–Kier alpha value is -2.86. The molecule has 5 nitrogen and oxygen atoms in total. The van der Waals surface area contributed by atoms with Crippen molar-refractivity contribution in [1.29, 1.82) is 0 Å². The lowest BCUT2D eigenvalue weighted by molar-refractivity contribution is -0.118. The highest BCUT2D eigenvalue weighted by Gasteiger charge is 2.21. The van der Waals surface area contributed by atoms with Gasteiger partial charge >= 0.3 is 0 Å². The highest BCUT2D eigenvalue weighted by atomic mass is 32.1. The van der Waals surface area contributed by atoms with Gasteiger partial charge in [-0.3, -0.25) is 9.59 Å². The van der Waals surface area contributed by atoms with Crippen LogP contribution in [0.5, 0.6) is 11.5 Å². The number of Topliss-reactive ketones (excluding diaryl/α,β-unsaturated/α-hetero) is 1. The van der Waals surface area contributed by atoms with Crippen molar-refractivity contribution in [3.63, 3.8) is 0 Å². The average Bonchev–Trinajstić information content (AvgIpc) is 3.04. The van der Waals surface area contributed by atoms with E-state index in [1.54, 1.807) is 18.2 Å². The number of carbonyl (C=O) groups is 2. The first-order valence-electron chi connectivity index (χ1n) is 7.40. The molecule has 0 spiro atoms. The van der Waals surface area contributed by atoms with Crippen molar-refractivity contribution in [2.75, 3.05) is 18.5 Å². The molecular formula is C18H13NO4S. The molecule has 3 aromatic rings. The van der Waals surface area contributed by atoms with E-state index in [1.807, 2.05) is 29.6 Å². The van der Waals surface area contributed by atoms with Crippen molar-refractivity contribution in [3.05, 3.63) is 53.4 Å². The van der Waals surface area contributed by atoms with Crippen molar-refractivity contribution < 1.29 is 19.1 Å². The van der Waals surface area contributed by atoms with E-state index in [9.17, 15) is 9.59 Å². The molecule has 1 N–H and O–H groups in total. The first-order valence-corrected chi connectivity index (χ1v) is 8.28. The number of rotatable bonds is 4. The molecule has 120 valence electrons. The second-order valence-electron chi connectivity index (χ2n) is 5.32. The van der Waals surface area contributed by atoms with Crippen LogP contribution in [0.25, 0.3) is 10.1 Å². The molecule has 1 aromatic heterocycles. The molecule has 2 aromatic carbocycles. The molecule has 0 saturated carbocycles.